The average Bonchev–Trinajstić information content (AvgIpc) is 2.82. The second-order valence-electron chi connectivity index (χ2n) is 10.4. The molecule has 1 saturated heterocycles. The highest BCUT2D eigenvalue weighted by Crippen LogP contribution is 2.38. The van der Waals surface area contributed by atoms with E-state index in [4.69, 9.17) is 0 Å². The first-order valence-electron chi connectivity index (χ1n) is 12.4. The normalized spacial score (nSPS) is 25.3. The fourth-order valence-electron chi connectivity index (χ4n) is 5.28. The van der Waals surface area contributed by atoms with Crippen LogP contribution in [-0.4, -0.2) is 52.9 Å². The van der Waals surface area contributed by atoms with Crippen molar-refractivity contribution in [1.29, 1.82) is 0 Å². The zero-order valence-corrected chi connectivity index (χ0v) is 22.4. The Labute approximate surface area is 213 Å². The Morgan fingerprint density at radius 3 is 2.31 bits per heavy atom. The molecule has 1 aliphatic carbocycles. The van der Waals surface area contributed by atoms with Crippen LogP contribution in [0.3, 0.4) is 0 Å². The number of benzene rings is 2. The van der Waals surface area contributed by atoms with Crippen molar-refractivity contribution < 1.29 is 18.3 Å². The van der Waals surface area contributed by atoms with Gasteiger partial charge in [0.25, 0.3) is 0 Å². The molecule has 35 heavy (non-hydrogen) atoms. The summed E-state index contributed by atoms with van der Waals surface area (Å²) >= 11 is 1.49. The van der Waals surface area contributed by atoms with Crippen molar-refractivity contribution in [2.45, 2.75) is 74.7 Å². The quantitative estimate of drug-likeness (QED) is 0.539. The van der Waals surface area contributed by atoms with Gasteiger partial charge in [-0.1, -0.05) is 56.2 Å². The summed E-state index contributed by atoms with van der Waals surface area (Å²) in [6.45, 7) is 6.94. The van der Waals surface area contributed by atoms with Crippen LogP contribution in [0, 0.1) is 5.92 Å². The summed E-state index contributed by atoms with van der Waals surface area (Å²) < 4.78 is 27.1. The van der Waals surface area contributed by atoms with Gasteiger partial charge in [0.15, 0.2) is 0 Å². The highest BCUT2D eigenvalue weighted by Gasteiger charge is 2.48. The molecule has 8 heteroatoms. The first-order valence-corrected chi connectivity index (χ1v) is 14.8. The van der Waals surface area contributed by atoms with E-state index in [9.17, 15) is 18.3 Å². The third-order valence-electron chi connectivity index (χ3n) is 7.25. The summed E-state index contributed by atoms with van der Waals surface area (Å²) in [7, 11) is -3.92. The molecule has 1 aliphatic heterocycles. The van der Waals surface area contributed by atoms with Gasteiger partial charge in [-0.3, -0.25) is 4.79 Å². The van der Waals surface area contributed by atoms with Gasteiger partial charge in [-0.25, -0.2) is 8.42 Å². The smallest absolute Gasteiger partial charge is 0.323 e. The largest absolute Gasteiger partial charge is 0.480 e. The van der Waals surface area contributed by atoms with Gasteiger partial charge in [-0.15, -0.1) is 0 Å². The maximum atomic E-state index is 13.4. The zero-order chi connectivity index (χ0) is 25.2. The van der Waals surface area contributed by atoms with Gasteiger partial charge in [0.05, 0.1) is 4.90 Å². The Hall–Kier alpha value is -1.87. The monoisotopic (exact) mass is 516 g/mol. The maximum Gasteiger partial charge on any atom is 0.323 e. The van der Waals surface area contributed by atoms with Crippen molar-refractivity contribution in [3.05, 3.63) is 54.1 Å². The maximum absolute atomic E-state index is 13.4. The van der Waals surface area contributed by atoms with Gasteiger partial charge >= 0.3 is 5.97 Å². The number of thioether (sulfide) groups is 1. The van der Waals surface area contributed by atoms with Crippen LogP contribution in [0.1, 0.15) is 52.0 Å². The number of sulfonamides is 1. The van der Waals surface area contributed by atoms with E-state index >= 15 is 0 Å². The van der Waals surface area contributed by atoms with Crippen LogP contribution < -0.4 is 5.32 Å². The first kappa shape index (κ1) is 26.2. The molecule has 190 valence electrons. The van der Waals surface area contributed by atoms with Gasteiger partial charge in [0, 0.05) is 29.6 Å². The molecule has 2 fully saturated rings. The van der Waals surface area contributed by atoms with Gasteiger partial charge in [0.2, 0.25) is 10.0 Å². The van der Waals surface area contributed by atoms with Crippen LogP contribution in [0.2, 0.25) is 0 Å². The lowest BCUT2D eigenvalue weighted by Gasteiger charge is -2.42. The number of carboxylic acid groups (broad SMARTS) is 1. The second kappa shape index (κ2) is 10.6. The van der Waals surface area contributed by atoms with Crippen LogP contribution >= 0.6 is 11.8 Å². The van der Waals surface area contributed by atoms with Gasteiger partial charge < -0.3 is 10.4 Å². The minimum Gasteiger partial charge on any atom is -0.480 e. The summed E-state index contributed by atoms with van der Waals surface area (Å²) in [5.74, 6) is 0.246. The molecule has 0 aromatic heterocycles. The average molecular weight is 517 g/mol. The molecule has 1 saturated carbocycles. The molecular weight excluding hydrogens is 480 g/mol. The molecule has 0 bridgehead atoms. The third-order valence-corrected chi connectivity index (χ3v) is 10.5. The molecule has 0 radical (unpaired) electrons. The molecular formula is C27H36N2O4S2. The van der Waals surface area contributed by atoms with E-state index in [2.05, 4.69) is 36.5 Å². The topological polar surface area (TPSA) is 86.7 Å². The fourth-order valence-corrected chi connectivity index (χ4v) is 8.38. The summed E-state index contributed by atoms with van der Waals surface area (Å²) in [5.41, 5.74) is 3.17. The van der Waals surface area contributed by atoms with Crippen LogP contribution in [0.15, 0.2) is 53.4 Å². The van der Waals surface area contributed by atoms with E-state index in [-0.39, 0.29) is 11.4 Å². The molecule has 6 nitrogen and oxygen atoms in total. The number of nitrogens with zero attached hydrogens (tertiary/aromatic N) is 1. The molecule has 0 spiro atoms. The van der Waals surface area contributed by atoms with Gasteiger partial charge in [-0.05, 0) is 61.4 Å². The molecule has 2 aromatic carbocycles. The lowest BCUT2D eigenvalue weighted by Crippen LogP contribution is -2.58. The molecule has 3 atom stereocenters. The molecule has 4 rings (SSSR count). The van der Waals surface area contributed by atoms with Crippen LogP contribution in [0.4, 0.5) is 0 Å². The predicted molar refractivity (Wildman–Crippen MR) is 142 cm³/mol. The Bertz CT molecular complexity index is 1130. The van der Waals surface area contributed by atoms with Crippen molar-refractivity contribution in [2.24, 2.45) is 5.92 Å². The Kier molecular flexibility index (Phi) is 7.95. The molecule has 2 aliphatic rings. The number of carbonyl (C=O) groups is 1. The molecule has 3 unspecified atom stereocenters. The van der Waals surface area contributed by atoms with Gasteiger partial charge in [0.1, 0.15) is 6.04 Å². The Morgan fingerprint density at radius 1 is 1.09 bits per heavy atom. The van der Waals surface area contributed by atoms with Crippen molar-refractivity contribution in [2.75, 3.05) is 12.3 Å². The van der Waals surface area contributed by atoms with E-state index in [1.165, 1.54) is 43.0 Å². The zero-order valence-electron chi connectivity index (χ0n) is 20.7. The van der Waals surface area contributed by atoms with E-state index in [1.54, 1.807) is 38.1 Å². The van der Waals surface area contributed by atoms with E-state index in [0.29, 0.717) is 11.8 Å². The number of rotatable bonds is 7. The minimum absolute atomic E-state index is 0.123. The number of carboxylic acids is 1. The molecule has 0 amide bonds. The molecule has 2 aromatic rings. The summed E-state index contributed by atoms with van der Waals surface area (Å²) in [6.07, 6.45) is 5.13. The number of hydrogen-bond donors (Lipinski definition) is 2. The van der Waals surface area contributed by atoms with Crippen LogP contribution in [-0.2, 0) is 21.4 Å². The Balaban J connectivity index is 1.45. The predicted octanol–water partition coefficient (Wildman–Crippen LogP) is 4.99. The van der Waals surface area contributed by atoms with Crippen molar-refractivity contribution in [3.63, 3.8) is 0 Å². The number of nitrogens with one attached hydrogen (secondary N) is 1. The van der Waals surface area contributed by atoms with Crippen molar-refractivity contribution in [1.82, 2.24) is 9.62 Å². The van der Waals surface area contributed by atoms with E-state index in [1.807, 2.05) is 0 Å². The Morgan fingerprint density at radius 2 is 1.71 bits per heavy atom. The fraction of sp³-hybridized carbons (Fsp3) is 0.519. The van der Waals surface area contributed by atoms with Crippen LogP contribution in [0.25, 0.3) is 11.1 Å². The lowest BCUT2D eigenvalue weighted by atomic mass is 9.87. The molecule has 1 heterocycles. The first-order chi connectivity index (χ1) is 16.6. The summed E-state index contributed by atoms with van der Waals surface area (Å²) in [5, 5.41) is 13.5. The highest BCUT2D eigenvalue weighted by atomic mass is 32.2. The van der Waals surface area contributed by atoms with E-state index in [0.717, 1.165) is 27.9 Å². The van der Waals surface area contributed by atoms with Gasteiger partial charge in [-0.2, -0.15) is 16.1 Å². The number of aliphatic carboxylic acids is 1. The van der Waals surface area contributed by atoms with Crippen LogP contribution in [0.5, 0.6) is 0 Å². The van der Waals surface area contributed by atoms with E-state index < -0.39 is 26.8 Å². The molecule has 2 N–H and O–H groups in total. The summed E-state index contributed by atoms with van der Waals surface area (Å²) in [6, 6.07) is 14.6. The minimum atomic E-state index is -3.92. The lowest BCUT2D eigenvalue weighted by molar-refractivity contribution is -0.142. The van der Waals surface area contributed by atoms with Crippen molar-refractivity contribution >= 4 is 27.8 Å². The highest BCUT2D eigenvalue weighted by molar-refractivity contribution is 8.00. The SMILES string of the molecule is CC1CCCC(NCc2ccc(-c3ccc(S(=O)(=O)N4CCSC(C)(C)C4C(=O)O)cc3)cc2)C1. The third kappa shape index (κ3) is 5.93. The number of hydrogen-bond acceptors (Lipinski definition) is 5. The second-order valence-corrected chi connectivity index (χ2v) is 14.0. The standard InChI is InChI=1S/C27H36N2O4S2/c1-19-5-4-6-23(17-19)28-18-20-7-9-21(10-8-20)22-11-13-24(14-12-22)35(32,33)29-15-16-34-27(2,3)25(29)26(30)31/h7-14,19,23,25,28H,4-6,15-18H2,1-3H3,(H,30,31). The van der Waals surface area contributed by atoms with Crippen molar-refractivity contribution in [3.8, 4) is 11.1 Å². The summed E-state index contributed by atoms with van der Waals surface area (Å²) in [4.78, 5) is 12.1.